The number of aromatic nitrogens is 3. The van der Waals surface area contributed by atoms with Gasteiger partial charge in [0.05, 0.1) is 11.4 Å². The number of carbonyl (C=O) groups is 1. The van der Waals surface area contributed by atoms with E-state index in [4.69, 9.17) is 0 Å². The Hall–Kier alpha value is -1.91. The molecule has 8 nitrogen and oxygen atoms in total. The van der Waals surface area contributed by atoms with Gasteiger partial charge >= 0.3 is 0 Å². The van der Waals surface area contributed by atoms with Crippen molar-refractivity contribution in [2.24, 2.45) is 7.05 Å². The van der Waals surface area contributed by atoms with Gasteiger partial charge in [0.25, 0.3) is 0 Å². The van der Waals surface area contributed by atoms with Gasteiger partial charge in [0, 0.05) is 20.1 Å². The molecule has 1 aliphatic heterocycles. The molecule has 10 heteroatoms. The fourth-order valence-corrected chi connectivity index (χ4v) is 5.35. The van der Waals surface area contributed by atoms with Crippen molar-refractivity contribution in [3.8, 4) is 0 Å². The van der Waals surface area contributed by atoms with Gasteiger partial charge in [0.15, 0.2) is 5.16 Å². The number of benzene rings is 1. The zero-order valence-electron chi connectivity index (χ0n) is 15.4. The third-order valence-corrected chi connectivity index (χ3v) is 7.32. The molecule has 2 heterocycles. The molecule has 0 atom stereocenters. The number of hydrogen-bond acceptors (Lipinski definition) is 6. The zero-order chi connectivity index (χ0) is 19.4. The van der Waals surface area contributed by atoms with E-state index in [-0.39, 0.29) is 16.6 Å². The minimum atomic E-state index is -3.64. The summed E-state index contributed by atoms with van der Waals surface area (Å²) in [6.07, 6.45) is 4.33. The summed E-state index contributed by atoms with van der Waals surface area (Å²) in [4.78, 5) is 12.5. The van der Waals surface area contributed by atoms with Crippen LogP contribution in [0.1, 0.15) is 24.8 Å². The molecule has 3 rings (SSSR count). The Kier molecular flexibility index (Phi) is 6.18. The number of thioether (sulfide) groups is 1. The van der Waals surface area contributed by atoms with Gasteiger partial charge in [0.1, 0.15) is 11.2 Å². The van der Waals surface area contributed by atoms with Gasteiger partial charge in [-0.2, -0.15) is 4.31 Å². The summed E-state index contributed by atoms with van der Waals surface area (Å²) < 4.78 is 29.4. The standard InChI is InChI=1S/C17H23N5O3S2/c1-13-6-7-14(19-16(23)11-26-17-20-18-12-21(17)2)15(10-13)27(24,25)22-8-4-3-5-9-22/h6-7,10,12H,3-5,8-9,11H2,1-2H3,(H,19,23). The van der Waals surface area contributed by atoms with E-state index in [1.165, 1.54) is 16.1 Å². The van der Waals surface area contributed by atoms with Crippen LogP contribution in [0.15, 0.2) is 34.6 Å². The van der Waals surface area contributed by atoms with Crippen molar-refractivity contribution < 1.29 is 13.2 Å². The van der Waals surface area contributed by atoms with Crippen molar-refractivity contribution in [3.05, 3.63) is 30.1 Å². The Morgan fingerprint density at radius 3 is 2.67 bits per heavy atom. The van der Waals surface area contributed by atoms with Crippen LogP contribution < -0.4 is 5.32 Å². The third kappa shape index (κ3) is 4.69. The van der Waals surface area contributed by atoms with Gasteiger partial charge in [-0.15, -0.1) is 10.2 Å². The second kappa shape index (κ2) is 8.41. The maximum Gasteiger partial charge on any atom is 0.245 e. The number of amides is 1. The molecule has 0 spiro atoms. The van der Waals surface area contributed by atoms with Crippen LogP contribution in [0.4, 0.5) is 5.69 Å². The van der Waals surface area contributed by atoms with Gasteiger partial charge in [-0.3, -0.25) is 4.79 Å². The maximum atomic E-state index is 13.1. The molecule has 27 heavy (non-hydrogen) atoms. The lowest BCUT2D eigenvalue weighted by Crippen LogP contribution is -2.36. The van der Waals surface area contributed by atoms with Crippen LogP contribution in [0, 0.1) is 6.92 Å². The molecule has 1 fully saturated rings. The molecule has 1 amide bonds. The molecule has 0 aliphatic carbocycles. The summed E-state index contributed by atoms with van der Waals surface area (Å²) in [5.41, 5.74) is 1.15. The van der Waals surface area contributed by atoms with E-state index >= 15 is 0 Å². The highest BCUT2D eigenvalue weighted by atomic mass is 32.2. The topological polar surface area (TPSA) is 97.2 Å². The normalized spacial score (nSPS) is 15.6. The largest absolute Gasteiger partial charge is 0.324 e. The molecule has 1 aromatic heterocycles. The van der Waals surface area contributed by atoms with Gasteiger partial charge in [0.2, 0.25) is 15.9 Å². The van der Waals surface area contributed by atoms with Crippen molar-refractivity contribution in [3.63, 3.8) is 0 Å². The first-order chi connectivity index (χ1) is 12.9. The molecule has 1 aliphatic rings. The molecular formula is C17H23N5O3S2. The number of anilines is 1. The first-order valence-electron chi connectivity index (χ1n) is 8.75. The molecular weight excluding hydrogens is 386 g/mol. The monoisotopic (exact) mass is 409 g/mol. The molecule has 0 unspecified atom stereocenters. The minimum Gasteiger partial charge on any atom is -0.324 e. The predicted octanol–water partition coefficient (Wildman–Crippen LogP) is 2.03. The Balaban J connectivity index is 1.77. The van der Waals surface area contributed by atoms with Gasteiger partial charge in [-0.25, -0.2) is 8.42 Å². The van der Waals surface area contributed by atoms with E-state index in [1.807, 2.05) is 6.92 Å². The summed E-state index contributed by atoms with van der Waals surface area (Å²) in [5, 5.41) is 11.0. The number of nitrogens with zero attached hydrogens (tertiary/aromatic N) is 4. The predicted molar refractivity (Wildman–Crippen MR) is 104 cm³/mol. The second-order valence-electron chi connectivity index (χ2n) is 6.53. The highest BCUT2D eigenvalue weighted by Crippen LogP contribution is 2.28. The smallest absolute Gasteiger partial charge is 0.245 e. The van der Waals surface area contributed by atoms with Crippen LogP contribution in [0.3, 0.4) is 0 Å². The van der Waals surface area contributed by atoms with E-state index in [0.717, 1.165) is 24.8 Å². The number of carbonyl (C=O) groups excluding carboxylic acids is 1. The van der Waals surface area contributed by atoms with Crippen molar-refractivity contribution in [2.75, 3.05) is 24.2 Å². The lowest BCUT2D eigenvalue weighted by Gasteiger charge is -2.27. The SMILES string of the molecule is Cc1ccc(NC(=O)CSc2nncn2C)c(S(=O)(=O)N2CCCCC2)c1. The fourth-order valence-electron chi connectivity index (χ4n) is 2.91. The van der Waals surface area contributed by atoms with Crippen molar-refractivity contribution in [1.29, 1.82) is 0 Å². The van der Waals surface area contributed by atoms with E-state index in [9.17, 15) is 13.2 Å². The minimum absolute atomic E-state index is 0.115. The molecule has 0 saturated carbocycles. The van der Waals surface area contributed by atoms with Crippen molar-refractivity contribution in [2.45, 2.75) is 36.2 Å². The maximum absolute atomic E-state index is 13.1. The van der Waals surface area contributed by atoms with Crippen LogP contribution in [0.5, 0.6) is 0 Å². The summed E-state index contributed by atoms with van der Waals surface area (Å²) in [5.74, 6) is -0.175. The quantitative estimate of drug-likeness (QED) is 0.733. The Morgan fingerprint density at radius 1 is 1.26 bits per heavy atom. The number of hydrogen-bond donors (Lipinski definition) is 1. The van der Waals surface area contributed by atoms with Gasteiger partial charge in [-0.1, -0.05) is 24.2 Å². The van der Waals surface area contributed by atoms with E-state index in [2.05, 4.69) is 15.5 Å². The molecule has 146 valence electrons. The first kappa shape index (κ1) is 19.8. The summed E-state index contributed by atoms with van der Waals surface area (Å²) >= 11 is 1.24. The van der Waals surface area contributed by atoms with Gasteiger partial charge < -0.3 is 9.88 Å². The Morgan fingerprint density at radius 2 is 2.00 bits per heavy atom. The average molecular weight is 410 g/mol. The number of piperidine rings is 1. The molecule has 1 aromatic carbocycles. The molecule has 0 bridgehead atoms. The van der Waals surface area contributed by atoms with E-state index in [1.54, 1.807) is 36.1 Å². The lowest BCUT2D eigenvalue weighted by molar-refractivity contribution is -0.113. The van der Waals surface area contributed by atoms with Crippen LogP contribution in [0.25, 0.3) is 0 Å². The molecule has 2 aromatic rings. The number of nitrogens with one attached hydrogen (secondary N) is 1. The zero-order valence-corrected chi connectivity index (χ0v) is 17.0. The highest BCUT2D eigenvalue weighted by molar-refractivity contribution is 7.99. The van der Waals surface area contributed by atoms with Crippen LogP contribution in [0.2, 0.25) is 0 Å². The summed E-state index contributed by atoms with van der Waals surface area (Å²) in [6.45, 7) is 2.88. The second-order valence-corrected chi connectivity index (χ2v) is 9.37. The number of rotatable bonds is 6. The third-order valence-electron chi connectivity index (χ3n) is 4.35. The molecule has 1 saturated heterocycles. The van der Waals surface area contributed by atoms with Crippen LogP contribution in [-0.2, 0) is 21.9 Å². The van der Waals surface area contributed by atoms with Crippen LogP contribution in [-0.4, -0.2) is 52.2 Å². The number of sulfonamides is 1. The van der Waals surface area contributed by atoms with E-state index in [0.29, 0.717) is 23.9 Å². The summed E-state index contributed by atoms with van der Waals surface area (Å²) in [7, 11) is -1.85. The lowest BCUT2D eigenvalue weighted by atomic mass is 10.2. The Labute approximate surface area is 163 Å². The van der Waals surface area contributed by atoms with Crippen LogP contribution >= 0.6 is 11.8 Å². The Bertz CT molecular complexity index is 920. The first-order valence-corrected chi connectivity index (χ1v) is 11.2. The average Bonchev–Trinajstić information content (AvgIpc) is 3.07. The molecule has 0 radical (unpaired) electrons. The van der Waals surface area contributed by atoms with E-state index < -0.39 is 10.0 Å². The highest BCUT2D eigenvalue weighted by Gasteiger charge is 2.28. The van der Waals surface area contributed by atoms with Crippen molar-refractivity contribution in [1.82, 2.24) is 19.1 Å². The van der Waals surface area contributed by atoms with Crippen molar-refractivity contribution >= 4 is 33.4 Å². The number of aryl methyl sites for hydroxylation is 2. The van der Waals surface area contributed by atoms with Gasteiger partial charge in [-0.05, 0) is 37.5 Å². The fraction of sp³-hybridized carbons (Fsp3) is 0.471. The molecule has 1 N–H and O–H groups in total. The summed E-state index contributed by atoms with van der Waals surface area (Å²) in [6, 6.07) is 5.06.